The fourth-order valence-corrected chi connectivity index (χ4v) is 3.20. The zero-order valence-corrected chi connectivity index (χ0v) is 13.6. The van der Waals surface area contributed by atoms with Gasteiger partial charge >= 0.3 is 0 Å². The number of anilines is 2. The quantitative estimate of drug-likeness (QED) is 0.862. The Balaban J connectivity index is 2.14. The first-order valence-electron chi connectivity index (χ1n) is 5.47. The molecule has 2 rings (SSSR count). The van der Waals surface area contributed by atoms with Crippen LogP contribution in [0.5, 0.6) is 0 Å². The number of rotatable bonds is 4. The highest BCUT2D eigenvalue weighted by Crippen LogP contribution is 2.22. The lowest BCUT2D eigenvalue weighted by molar-refractivity contribution is 0.102. The van der Waals surface area contributed by atoms with Crippen molar-refractivity contribution >= 4 is 54.6 Å². The van der Waals surface area contributed by atoms with Crippen molar-refractivity contribution in [2.24, 2.45) is 0 Å². The van der Waals surface area contributed by atoms with E-state index >= 15 is 0 Å². The summed E-state index contributed by atoms with van der Waals surface area (Å²) in [5.74, 6) is -0.247. The second kappa shape index (κ2) is 5.94. The maximum absolute atomic E-state index is 12.0. The van der Waals surface area contributed by atoms with Crippen molar-refractivity contribution < 1.29 is 13.2 Å². The molecule has 1 amide bonds. The molecule has 0 radical (unpaired) electrons. The average molecular weight is 375 g/mol. The Labute approximate surface area is 129 Å². The Hall–Kier alpha value is -1.38. The minimum atomic E-state index is -3.34. The van der Waals surface area contributed by atoms with E-state index in [1.807, 2.05) is 0 Å². The summed E-state index contributed by atoms with van der Waals surface area (Å²) in [6.07, 6.45) is 1.07. The number of benzene rings is 1. The molecule has 0 aliphatic carbocycles. The summed E-state index contributed by atoms with van der Waals surface area (Å²) in [5, 5.41) is 4.44. The monoisotopic (exact) mass is 374 g/mol. The predicted molar refractivity (Wildman–Crippen MR) is 84.9 cm³/mol. The van der Waals surface area contributed by atoms with Gasteiger partial charge in [0.05, 0.1) is 21.3 Å². The fourth-order valence-electron chi connectivity index (χ4n) is 1.51. The van der Waals surface area contributed by atoms with E-state index in [2.05, 4.69) is 26.0 Å². The van der Waals surface area contributed by atoms with Gasteiger partial charge in [-0.15, -0.1) is 11.3 Å². The van der Waals surface area contributed by atoms with Crippen LogP contribution in [-0.4, -0.2) is 20.6 Å². The van der Waals surface area contributed by atoms with E-state index in [1.165, 1.54) is 11.3 Å². The van der Waals surface area contributed by atoms with E-state index in [9.17, 15) is 13.2 Å². The summed E-state index contributed by atoms with van der Waals surface area (Å²) >= 11 is 4.71. The lowest BCUT2D eigenvalue weighted by Gasteiger charge is -2.07. The number of nitrogens with one attached hydrogen (secondary N) is 2. The second-order valence-corrected chi connectivity index (χ2v) is 8.09. The summed E-state index contributed by atoms with van der Waals surface area (Å²) in [7, 11) is -3.34. The molecule has 0 unspecified atom stereocenters. The molecule has 106 valence electrons. The Bertz CT molecular complexity index is 741. The number of hydrogen-bond acceptors (Lipinski definition) is 4. The molecular weight excluding hydrogens is 364 g/mol. The van der Waals surface area contributed by atoms with Crippen LogP contribution >= 0.6 is 27.3 Å². The number of sulfonamides is 1. The normalized spacial score (nSPS) is 11.1. The van der Waals surface area contributed by atoms with Crippen molar-refractivity contribution in [3.63, 3.8) is 0 Å². The van der Waals surface area contributed by atoms with E-state index in [0.717, 1.165) is 10.0 Å². The molecular formula is C12H11BrN2O3S2. The van der Waals surface area contributed by atoms with Gasteiger partial charge < -0.3 is 5.32 Å². The van der Waals surface area contributed by atoms with Crippen molar-refractivity contribution in [3.8, 4) is 0 Å². The standard InChI is InChI=1S/C12H11BrN2O3S2/c1-20(17,18)15-10-4-2-3-9(6-10)14-12(16)8-5-11(13)19-7-8/h2-7,15H,1H3,(H,14,16). The molecule has 1 aromatic carbocycles. The maximum atomic E-state index is 12.0. The van der Waals surface area contributed by atoms with Crippen LogP contribution in [0.2, 0.25) is 0 Å². The van der Waals surface area contributed by atoms with Crippen LogP contribution in [0.15, 0.2) is 39.5 Å². The molecule has 1 heterocycles. The fraction of sp³-hybridized carbons (Fsp3) is 0.0833. The molecule has 8 heteroatoms. The Morgan fingerprint density at radius 3 is 2.55 bits per heavy atom. The third-order valence-electron chi connectivity index (χ3n) is 2.25. The number of hydrogen-bond donors (Lipinski definition) is 2. The van der Waals surface area contributed by atoms with E-state index in [4.69, 9.17) is 0 Å². The van der Waals surface area contributed by atoms with Crippen LogP contribution in [-0.2, 0) is 10.0 Å². The minimum Gasteiger partial charge on any atom is -0.322 e. The summed E-state index contributed by atoms with van der Waals surface area (Å²) in [5.41, 5.74) is 1.46. The smallest absolute Gasteiger partial charge is 0.256 e. The molecule has 20 heavy (non-hydrogen) atoms. The second-order valence-electron chi connectivity index (χ2n) is 4.05. The van der Waals surface area contributed by atoms with Crippen molar-refractivity contribution in [2.75, 3.05) is 16.3 Å². The van der Waals surface area contributed by atoms with Gasteiger partial charge in [-0.1, -0.05) is 6.07 Å². The summed E-state index contributed by atoms with van der Waals surface area (Å²) < 4.78 is 25.5. The number of amides is 1. The van der Waals surface area contributed by atoms with E-state index < -0.39 is 10.0 Å². The van der Waals surface area contributed by atoms with Gasteiger partial charge in [0.15, 0.2) is 0 Å². The minimum absolute atomic E-state index is 0.247. The third kappa shape index (κ3) is 4.32. The largest absolute Gasteiger partial charge is 0.322 e. The molecule has 1 aromatic heterocycles. The summed E-state index contributed by atoms with van der Waals surface area (Å²) in [4.78, 5) is 12.0. The van der Waals surface area contributed by atoms with Crippen LogP contribution in [0.4, 0.5) is 11.4 Å². The van der Waals surface area contributed by atoms with E-state index in [0.29, 0.717) is 16.9 Å². The summed E-state index contributed by atoms with van der Waals surface area (Å²) in [6, 6.07) is 8.23. The van der Waals surface area contributed by atoms with Gasteiger partial charge in [-0.3, -0.25) is 9.52 Å². The van der Waals surface area contributed by atoms with E-state index in [-0.39, 0.29) is 5.91 Å². The first-order valence-corrected chi connectivity index (χ1v) is 9.03. The molecule has 0 fully saturated rings. The first kappa shape index (κ1) is 15.0. The topological polar surface area (TPSA) is 75.3 Å². The van der Waals surface area contributed by atoms with Gasteiger partial charge in [-0.2, -0.15) is 0 Å². The maximum Gasteiger partial charge on any atom is 0.256 e. The van der Waals surface area contributed by atoms with Crippen LogP contribution < -0.4 is 10.0 Å². The SMILES string of the molecule is CS(=O)(=O)Nc1cccc(NC(=O)c2csc(Br)c2)c1. The zero-order valence-electron chi connectivity index (χ0n) is 10.4. The molecule has 0 saturated carbocycles. The van der Waals surface area contributed by atoms with Crippen molar-refractivity contribution in [1.29, 1.82) is 0 Å². The van der Waals surface area contributed by atoms with Gasteiger partial charge in [0.25, 0.3) is 5.91 Å². The number of carbonyl (C=O) groups excluding carboxylic acids is 1. The summed E-state index contributed by atoms with van der Waals surface area (Å²) in [6.45, 7) is 0. The predicted octanol–water partition coefficient (Wildman–Crippen LogP) is 3.13. The van der Waals surface area contributed by atoms with Gasteiger partial charge in [-0.05, 0) is 40.2 Å². The first-order chi connectivity index (χ1) is 9.33. The van der Waals surface area contributed by atoms with Gasteiger partial charge in [-0.25, -0.2) is 8.42 Å². The van der Waals surface area contributed by atoms with Crippen LogP contribution in [0.3, 0.4) is 0 Å². The highest BCUT2D eigenvalue weighted by Gasteiger charge is 2.09. The third-order valence-corrected chi connectivity index (χ3v) is 4.36. The molecule has 0 saturated heterocycles. The zero-order chi connectivity index (χ0) is 14.8. The Morgan fingerprint density at radius 1 is 1.25 bits per heavy atom. The van der Waals surface area contributed by atoms with Crippen LogP contribution in [0, 0.1) is 0 Å². The van der Waals surface area contributed by atoms with Crippen LogP contribution in [0.25, 0.3) is 0 Å². The number of carbonyl (C=O) groups is 1. The molecule has 0 bridgehead atoms. The molecule has 2 N–H and O–H groups in total. The average Bonchev–Trinajstić information content (AvgIpc) is 2.74. The van der Waals surface area contributed by atoms with Gasteiger partial charge in [0.2, 0.25) is 10.0 Å². The van der Waals surface area contributed by atoms with Crippen molar-refractivity contribution in [2.45, 2.75) is 0 Å². The molecule has 5 nitrogen and oxygen atoms in total. The van der Waals surface area contributed by atoms with Crippen molar-refractivity contribution in [3.05, 3.63) is 45.1 Å². The number of halogens is 1. The van der Waals surface area contributed by atoms with E-state index in [1.54, 1.807) is 35.7 Å². The van der Waals surface area contributed by atoms with Gasteiger partial charge in [0, 0.05) is 11.1 Å². The lowest BCUT2D eigenvalue weighted by Crippen LogP contribution is -2.12. The Kier molecular flexibility index (Phi) is 4.46. The van der Waals surface area contributed by atoms with Crippen molar-refractivity contribution in [1.82, 2.24) is 0 Å². The highest BCUT2D eigenvalue weighted by atomic mass is 79.9. The number of thiophene rings is 1. The molecule has 2 aromatic rings. The molecule has 0 aliphatic rings. The highest BCUT2D eigenvalue weighted by molar-refractivity contribution is 9.11. The molecule has 0 atom stereocenters. The van der Waals surface area contributed by atoms with Crippen LogP contribution in [0.1, 0.15) is 10.4 Å². The molecule has 0 aliphatic heterocycles. The lowest BCUT2D eigenvalue weighted by atomic mass is 10.2. The molecule has 0 spiro atoms. The Morgan fingerprint density at radius 2 is 1.95 bits per heavy atom. The van der Waals surface area contributed by atoms with Gasteiger partial charge in [0.1, 0.15) is 0 Å².